The third-order valence-corrected chi connectivity index (χ3v) is 2.99. The molecule has 1 aromatic rings. The first-order chi connectivity index (χ1) is 8.00. The summed E-state index contributed by atoms with van der Waals surface area (Å²) in [5, 5.41) is 18.5. The number of carbonyl (C=O) groups excluding carboxylic acids is 1. The largest absolute Gasteiger partial charge is 0.507 e. The summed E-state index contributed by atoms with van der Waals surface area (Å²) in [5.41, 5.74) is 0.861. The molecule has 5 heteroatoms. The molecule has 0 spiro atoms. The van der Waals surface area contributed by atoms with E-state index in [4.69, 9.17) is 5.11 Å². The number of hydrogen-bond acceptors (Lipinski definition) is 3. The fourth-order valence-corrected chi connectivity index (χ4v) is 1.80. The number of aromatic hydroxyl groups is 1. The number of hydrogen-bond donors (Lipinski definition) is 2. The topological polar surface area (TPSA) is 77.8 Å². The smallest absolute Gasteiger partial charge is 0.310 e. The standard InChI is InChI=1S/C12H13NO4/c1-7-3-2-4-9(10(7)14)11(15)13-5-8(6-13)12(16)17/h2-4,8,14H,5-6H2,1H3,(H,16,17). The van der Waals surface area contributed by atoms with Crippen LogP contribution in [0.4, 0.5) is 0 Å². The lowest BCUT2D eigenvalue weighted by atomic mass is 9.98. The molecular formula is C12H13NO4. The number of aliphatic carboxylic acids is 1. The number of carbonyl (C=O) groups is 2. The average molecular weight is 235 g/mol. The molecule has 5 nitrogen and oxygen atoms in total. The van der Waals surface area contributed by atoms with Crippen molar-refractivity contribution >= 4 is 11.9 Å². The van der Waals surface area contributed by atoms with Crippen molar-refractivity contribution in [3.05, 3.63) is 29.3 Å². The lowest BCUT2D eigenvalue weighted by Crippen LogP contribution is -2.53. The number of para-hydroxylation sites is 1. The van der Waals surface area contributed by atoms with E-state index in [2.05, 4.69) is 0 Å². The van der Waals surface area contributed by atoms with Crippen LogP contribution in [0.1, 0.15) is 15.9 Å². The van der Waals surface area contributed by atoms with Crippen molar-refractivity contribution < 1.29 is 19.8 Å². The predicted octanol–water partition coefficient (Wildman–Crippen LogP) is 0.857. The fraction of sp³-hybridized carbons (Fsp3) is 0.333. The van der Waals surface area contributed by atoms with Crippen LogP contribution in [0.2, 0.25) is 0 Å². The number of carboxylic acids is 1. The highest BCUT2D eigenvalue weighted by Gasteiger charge is 2.36. The van der Waals surface area contributed by atoms with Crippen LogP contribution in [0.3, 0.4) is 0 Å². The number of nitrogens with zero attached hydrogens (tertiary/aromatic N) is 1. The second-order valence-electron chi connectivity index (χ2n) is 4.22. The maximum atomic E-state index is 11.9. The zero-order valence-electron chi connectivity index (χ0n) is 9.38. The van der Waals surface area contributed by atoms with Crippen LogP contribution < -0.4 is 0 Å². The molecule has 2 rings (SSSR count). The zero-order chi connectivity index (χ0) is 12.6. The summed E-state index contributed by atoms with van der Waals surface area (Å²) >= 11 is 0. The molecule has 0 saturated carbocycles. The molecule has 2 N–H and O–H groups in total. The summed E-state index contributed by atoms with van der Waals surface area (Å²) < 4.78 is 0. The van der Waals surface area contributed by atoms with Crippen LogP contribution in [-0.2, 0) is 4.79 Å². The number of benzene rings is 1. The zero-order valence-corrected chi connectivity index (χ0v) is 9.38. The van der Waals surface area contributed by atoms with Gasteiger partial charge in [-0.05, 0) is 18.6 Å². The molecule has 1 aliphatic heterocycles. The first-order valence-corrected chi connectivity index (χ1v) is 5.31. The Labute approximate surface area is 98.3 Å². The molecule has 0 aromatic heterocycles. The van der Waals surface area contributed by atoms with Gasteiger partial charge in [-0.25, -0.2) is 0 Å². The molecule has 1 fully saturated rings. The summed E-state index contributed by atoms with van der Waals surface area (Å²) in [6.45, 7) is 2.13. The van der Waals surface area contributed by atoms with Gasteiger partial charge in [-0.15, -0.1) is 0 Å². The van der Waals surface area contributed by atoms with Crippen LogP contribution in [0.5, 0.6) is 5.75 Å². The van der Waals surface area contributed by atoms with Crippen LogP contribution in [-0.4, -0.2) is 40.1 Å². The van der Waals surface area contributed by atoms with Crippen molar-refractivity contribution in [2.45, 2.75) is 6.92 Å². The van der Waals surface area contributed by atoms with E-state index in [-0.39, 0.29) is 30.3 Å². The molecule has 0 bridgehead atoms. The minimum atomic E-state index is -0.887. The van der Waals surface area contributed by atoms with E-state index in [1.54, 1.807) is 25.1 Å². The number of phenols is 1. The fourth-order valence-electron chi connectivity index (χ4n) is 1.80. The van der Waals surface area contributed by atoms with Crippen molar-refractivity contribution in [2.75, 3.05) is 13.1 Å². The molecule has 0 unspecified atom stereocenters. The first kappa shape index (κ1) is 11.4. The van der Waals surface area contributed by atoms with E-state index < -0.39 is 11.9 Å². The summed E-state index contributed by atoms with van der Waals surface area (Å²) in [7, 11) is 0. The van der Waals surface area contributed by atoms with Gasteiger partial charge in [-0.2, -0.15) is 0 Å². The summed E-state index contributed by atoms with van der Waals surface area (Å²) in [6.07, 6.45) is 0. The molecule has 0 atom stereocenters. The molecule has 1 heterocycles. The van der Waals surface area contributed by atoms with Crippen LogP contribution >= 0.6 is 0 Å². The van der Waals surface area contributed by atoms with Gasteiger partial charge in [0.15, 0.2) is 0 Å². The molecule has 1 aliphatic rings. The van der Waals surface area contributed by atoms with E-state index in [9.17, 15) is 14.7 Å². The Balaban J connectivity index is 2.12. The van der Waals surface area contributed by atoms with E-state index in [1.165, 1.54) is 4.90 Å². The molecule has 1 aromatic carbocycles. The van der Waals surface area contributed by atoms with Gasteiger partial charge in [0, 0.05) is 13.1 Å². The number of amides is 1. The third-order valence-electron chi connectivity index (χ3n) is 2.99. The third kappa shape index (κ3) is 1.95. The minimum Gasteiger partial charge on any atom is -0.507 e. The monoisotopic (exact) mass is 235 g/mol. The van der Waals surface area contributed by atoms with Gasteiger partial charge in [0.2, 0.25) is 0 Å². The Kier molecular flexibility index (Phi) is 2.75. The Morgan fingerprint density at radius 3 is 2.59 bits per heavy atom. The Morgan fingerprint density at radius 1 is 1.35 bits per heavy atom. The minimum absolute atomic E-state index is 0.0312. The maximum absolute atomic E-state index is 11.9. The normalized spacial score (nSPS) is 15.5. The van der Waals surface area contributed by atoms with E-state index in [0.29, 0.717) is 5.56 Å². The van der Waals surface area contributed by atoms with Crippen LogP contribution in [0.25, 0.3) is 0 Å². The van der Waals surface area contributed by atoms with E-state index in [0.717, 1.165) is 0 Å². The molecule has 90 valence electrons. The predicted molar refractivity (Wildman–Crippen MR) is 59.9 cm³/mol. The average Bonchev–Trinajstić information content (AvgIpc) is 2.19. The van der Waals surface area contributed by atoms with Crippen LogP contribution in [0, 0.1) is 12.8 Å². The summed E-state index contributed by atoms with van der Waals surface area (Å²) in [4.78, 5) is 24.0. The van der Waals surface area contributed by atoms with Gasteiger partial charge in [0.25, 0.3) is 5.91 Å². The molecule has 0 aliphatic carbocycles. The van der Waals surface area contributed by atoms with Crippen molar-refractivity contribution in [1.29, 1.82) is 0 Å². The van der Waals surface area contributed by atoms with Crippen molar-refractivity contribution in [2.24, 2.45) is 5.92 Å². The number of phenolic OH excluding ortho intramolecular Hbond substituents is 1. The van der Waals surface area contributed by atoms with Gasteiger partial charge < -0.3 is 15.1 Å². The number of rotatable bonds is 2. The number of carboxylic acid groups (broad SMARTS) is 1. The second-order valence-corrected chi connectivity index (χ2v) is 4.22. The Bertz CT molecular complexity index is 477. The van der Waals surface area contributed by atoms with Gasteiger partial charge in [-0.3, -0.25) is 9.59 Å². The summed E-state index contributed by atoms with van der Waals surface area (Å²) in [6, 6.07) is 4.94. The van der Waals surface area contributed by atoms with E-state index >= 15 is 0 Å². The highest BCUT2D eigenvalue weighted by Crippen LogP contribution is 2.26. The lowest BCUT2D eigenvalue weighted by molar-refractivity contribution is -0.146. The molecule has 0 radical (unpaired) electrons. The number of likely N-dealkylation sites (tertiary alicyclic amines) is 1. The van der Waals surface area contributed by atoms with Crippen molar-refractivity contribution in [1.82, 2.24) is 4.90 Å². The van der Waals surface area contributed by atoms with E-state index in [1.807, 2.05) is 0 Å². The Hall–Kier alpha value is -2.04. The van der Waals surface area contributed by atoms with Crippen LogP contribution in [0.15, 0.2) is 18.2 Å². The highest BCUT2D eigenvalue weighted by atomic mass is 16.4. The maximum Gasteiger partial charge on any atom is 0.310 e. The van der Waals surface area contributed by atoms with Crippen molar-refractivity contribution in [3.63, 3.8) is 0 Å². The lowest BCUT2D eigenvalue weighted by Gasteiger charge is -2.36. The van der Waals surface area contributed by atoms with Gasteiger partial charge >= 0.3 is 5.97 Å². The molecule has 17 heavy (non-hydrogen) atoms. The SMILES string of the molecule is Cc1cccc(C(=O)N2CC(C(=O)O)C2)c1O. The Morgan fingerprint density at radius 2 is 2.00 bits per heavy atom. The summed E-state index contributed by atoms with van der Waals surface area (Å²) in [5.74, 6) is -1.71. The van der Waals surface area contributed by atoms with Crippen molar-refractivity contribution in [3.8, 4) is 5.75 Å². The highest BCUT2D eigenvalue weighted by molar-refractivity contribution is 5.98. The molecule has 1 amide bonds. The van der Waals surface area contributed by atoms with Gasteiger partial charge in [0.1, 0.15) is 5.75 Å². The first-order valence-electron chi connectivity index (χ1n) is 5.31. The second kappa shape index (κ2) is 4.08. The molecule has 1 saturated heterocycles. The van der Waals surface area contributed by atoms with Gasteiger partial charge in [0.05, 0.1) is 11.5 Å². The molecular weight excluding hydrogens is 222 g/mol. The quantitative estimate of drug-likeness (QED) is 0.796. The number of aryl methyl sites for hydroxylation is 1. The van der Waals surface area contributed by atoms with Gasteiger partial charge in [-0.1, -0.05) is 12.1 Å².